The average molecular weight is 488 g/mol. The van der Waals surface area contributed by atoms with Crippen molar-refractivity contribution in [3.8, 4) is 16.5 Å². The molecule has 3 aromatic rings. The number of piperazine rings is 1. The SMILES string of the molecule is CCOc1cncc(-c2cnc(N3CCNC[C@@H]3c3cc(NS(=O)(=O)C4CC4)ccn3)s2)n1. The molecule has 0 spiro atoms. The van der Waals surface area contributed by atoms with Crippen molar-refractivity contribution in [3.63, 3.8) is 0 Å². The number of sulfonamides is 1. The summed E-state index contributed by atoms with van der Waals surface area (Å²) in [7, 11) is -3.33. The van der Waals surface area contributed by atoms with Crippen molar-refractivity contribution in [1.82, 2.24) is 25.3 Å². The van der Waals surface area contributed by atoms with Crippen LogP contribution in [-0.2, 0) is 10.0 Å². The molecule has 2 fully saturated rings. The second-order valence-electron chi connectivity index (χ2n) is 7.91. The molecular formula is C21H25N7O3S2. The molecule has 1 saturated heterocycles. The molecule has 1 saturated carbocycles. The van der Waals surface area contributed by atoms with E-state index >= 15 is 0 Å². The molecule has 2 N–H and O–H groups in total. The maximum absolute atomic E-state index is 12.4. The van der Waals surface area contributed by atoms with Crippen molar-refractivity contribution in [2.75, 3.05) is 35.9 Å². The van der Waals surface area contributed by atoms with Gasteiger partial charge in [0.05, 0.1) is 46.6 Å². The summed E-state index contributed by atoms with van der Waals surface area (Å²) in [6, 6.07) is 3.43. The smallest absolute Gasteiger partial charge is 0.235 e. The van der Waals surface area contributed by atoms with Gasteiger partial charge in [-0.3, -0.25) is 14.7 Å². The van der Waals surface area contributed by atoms with Gasteiger partial charge in [0.2, 0.25) is 15.9 Å². The van der Waals surface area contributed by atoms with Crippen LogP contribution in [0.3, 0.4) is 0 Å². The molecule has 33 heavy (non-hydrogen) atoms. The normalized spacial score (nSPS) is 18.8. The lowest BCUT2D eigenvalue weighted by atomic mass is 10.1. The lowest BCUT2D eigenvalue weighted by Crippen LogP contribution is -2.46. The Kier molecular flexibility index (Phi) is 6.13. The summed E-state index contributed by atoms with van der Waals surface area (Å²) in [6.45, 7) is 4.68. The summed E-state index contributed by atoms with van der Waals surface area (Å²) in [6.07, 6.45) is 8.18. The number of pyridine rings is 1. The first kappa shape index (κ1) is 22.0. The first-order valence-corrected chi connectivity index (χ1v) is 13.3. The molecule has 1 atom stereocenters. The fourth-order valence-corrected chi connectivity index (χ4v) is 6.04. The first-order valence-electron chi connectivity index (χ1n) is 10.9. The number of rotatable bonds is 8. The Bertz CT molecular complexity index is 1230. The zero-order chi connectivity index (χ0) is 22.8. The summed E-state index contributed by atoms with van der Waals surface area (Å²) in [4.78, 5) is 21.0. The van der Waals surface area contributed by atoms with Crippen molar-refractivity contribution in [3.05, 3.63) is 42.6 Å². The highest BCUT2D eigenvalue weighted by molar-refractivity contribution is 7.93. The standard InChI is InChI=1S/C21H25N7O3S2/c1-2-31-20-13-23-10-17(26-20)19-12-25-21(32-19)28-8-7-22-11-18(28)16-9-14(5-6-24-16)27-33(29,30)15-3-4-15/h5-6,9-10,12-13,15,18,22H,2-4,7-8,11H2,1H3,(H,24,27)/t18-/m1/s1. The van der Waals surface area contributed by atoms with Gasteiger partial charge >= 0.3 is 0 Å². The van der Waals surface area contributed by atoms with E-state index in [1.807, 2.05) is 13.0 Å². The molecule has 1 aliphatic carbocycles. The van der Waals surface area contributed by atoms with Gasteiger partial charge in [-0.25, -0.2) is 18.4 Å². The van der Waals surface area contributed by atoms with Gasteiger partial charge in [-0.05, 0) is 31.9 Å². The zero-order valence-corrected chi connectivity index (χ0v) is 19.8. The summed E-state index contributed by atoms with van der Waals surface area (Å²) < 4.78 is 32.9. The molecule has 4 heterocycles. The van der Waals surface area contributed by atoms with E-state index in [1.54, 1.807) is 30.9 Å². The van der Waals surface area contributed by atoms with Crippen LogP contribution in [0.25, 0.3) is 10.6 Å². The van der Waals surface area contributed by atoms with Crippen LogP contribution in [0.2, 0.25) is 0 Å². The van der Waals surface area contributed by atoms with E-state index in [0.29, 0.717) is 30.4 Å². The van der Waals surface area contributed by atoms with E-state index in [0.717, 1.165) is 41.6 Å². The molecule has 0 unspecified atom stereocenters. The first-order chi connectivity index (χ1) is 16.0. The van der Waals surface area contributed by atoms with Crippen LogP contribution in [0.5, 0.6) is 5.88 Å². The predicted octanol–water partition coefficient (Wildman–Crippen LogP) is 2.45. The summed E-state index contributed by atoms with van der Waals surface area (Å²) in [5, 5.41) is 3.98. The summed E-state index contributed by atoms with van der Waals surface area (Å²) in [5.41, 5.74) is 2.04. The highest BCUT2D eigenvalue weighted by Gasteiger charge is 2.36. The molecular weight excluding hydrogens is 462 g/mol. The number of ether oxygens (including phenoxy) is 1. The molecule has 1 aliphatic heterocycles. The molecule has 12 heteroatoms. The lowest BCUT2D eigenvalue weighted by Gasteiger charge is -2.35. The van der Waals surface area contributed by atoms with Crippen molar-refractivity contribution in [2.24, 2.45) is 0 Å². The topological polar surface area (TPSA) is 122 Å². The monoisotopic (exact) mass is 487 g/mol. The lowest BCUT2D eigenvalue weighted by molar-refractivity contribution is 0.325. The fourth-order valence-electron chi connectivity index (χ4n) is 3.72. The number of anilines is 2. The van der Waals surface area contributed by atoms with Crippen LogP contribution < -0.4 is 19.7 Å². The van der Waals surface area contributed by atoms with Gasteiger partial charge in [0.25, 0.3) is 0 Å². The van der Waals surface area contributed by atoms with Crippen LogP contribution in [0, 0.1) is 0 Å². The van der Waals surface area contributed by atoms with E-state index < -0.39 is 10.0 Å². The van der Waals surface area contributed by atoms with E-state index in [2.05, 4.69) is 34.9 Å². The third-order valence-electron chi connectivity index (χ3n) is 5.49. The number of hydrogen-bond acceptors (Lipinski definition) is 10. The fraction of sp³-hybridized carbons (Fsp3) is 0.429. The van der Waals surface area contributed by atoms with E-state index in [4.69, 9.17) is 4.74 Å². The van der Waals surface area contributed by atoms with E-state index in [1.165, 1.54) is 11.3 Å². The molecule has 3 aromatic heterocycles. The van der Waals surface area contributed by atoms with Gasteiger partial charge in [0, 0.05) is 32.0 Å². The van der Waals surface area contributed by atoms with Crippen LogP contribution in [0.4, 0.5) is 10.8 Å². The van der Waals surface area contributed by atoms with E-state index in [-0.39, 0.29) is 11.3 Å². The molecule has 2 aliphatic rings. The molecule has 0 aromatic carbocycles. The Labute approximate surface area is 196 Å². The van der Waals surface area contributed by atoms with Crippen LogP contribution in [0.1, 0.15) is 31.5 Å². The maximum atomic E-state index is 12.4. The number of hydrogen-bond donors (Lipinski definition) is 2. The van der Waals surface area contributed by atoms with Crippen molar-refractivity contribution in [1.29, 1.82) is 0 Å². The molecule has 0 radical (unpaired) electrons. The Morgan fingerprint density at radius 1 is 1.27 bits per heavy atom. The number of nitrogens with one attached hydrogen (secondary N) is 2. The molecule has 5 rings (SSSR count). The van der Waals surface area contributed by atoms with Crippen LogP contribution in [-0.4, -0.2) is 59.8 Å². The Morgan fingerprint density at radius 3 is 2.97 bits per heavy atom. The molecule has 174 valence electrons. The number of nitrogens with zero attached hydrogens (tertiary/aromatic N) is 5. The van der Waals surface area contributed by atoms with Crippen LogP contribution in [0.15, 0.2) is 36.9 Å². The molecule has 10 nitrogen and oxygen atoms in total. The second kappa shape index (κ2) is 9.20. The van der Waals surface area contributed by atoms with Crippen molar-refractivity contribution < 1.29 is 13.2 Å². The van der Waals surface area contributed by atoms with Crippen molar-refractivity contribution >= 4 is 32.2 Å². The van der Waals surface area contributed by atoms with Crippen molar-refractivity contribution in [2.45, 2.75) is 31.1 Å². The zero-order valence-electron chi connectivity index (χ0n) is 18.1. The number of thiazole rings is 1. The van der Waals surface area contributed by atoms with Gasteiger partial charge in [0.1, 0.15) is 5.69 Å². The highest BCUT2D eigenvalue weighted by Crippen LogP contribution is 2.36. The quantitative estimate of drug-likeness (QED) is 0.493. The highest BCUT2D eigenvalue weighted by atomic mass is 32.2. The predicted molar refractivity (Wildman–Crippen MR) is 127 cm³/mol. The maximum Gasteiger partial charge on any atom is 0.235 e. The minimum atomic E-state index is -3.33. The third kappa shape index (κ3) is 4.92. The Balaban J connectivity index is 1.39. The average Bonchev–Trinajstić information content (AvgIpc) is 3.58. The van der Waals surface area contributed by atoms with Crippen LogP contribution >= 0.6 is 11.3 Å². The van der Waals surface area contributed by atoms with Gasteiger partial charge in [-0.15, -0.1) is 0 Å². The Hall–Kier alpha value is -2.83. The Morgan fingerprint density at radius 2 is 2.15 bits per heavy atom. The number of aromatic nitrogens is 4. The summed E-state index contributed by atoms with van der Waals surface area (Å²) >= 11 is 1.53. The van der Waals surface area contributed by atoms with Gasteiger partial charge < -0.3 is 15.0 Å². The molecule has 0 bridgehead atoms. The van der Waals surface area contributed by atoms with Gasteiger partial charge in [-0.1, -0.05) is 11.3 Å². The third-order valence-corrected chi connectivity index (χ3v) is 8.41. The minimum absolute atomic E-state index is 0.0797. The van der Waals surface area contributed by atoms with E-state index in [9.17, 15) is 8.42 Å². The largest absolute Gasteiger partial charge is 0.477 e. The second-order valence-corrected chi connectivity index (χ2v) is 10.9. The molecule has 0 amide bonds. The van der Waals surface area contributed by atoms with Gasteiger partial charge in [-0.2, -0.15) is 0 Å². The summed E-state index contributed by atoms with van der Waals surface area (Å²) in [5.74, 6) is 0.486. The van der Waals surface area contributed by atoms with Gasteiger partial charge in [0.15, 0.2) is 5.13 Å². The minimum Gasteiger partial charge on any atom is -0.477 e.